The number of amides is 1. The number of para-hydroxylation sites is 1. The third-order valence-electron chi connectivity index (χ3n) is 2.77. The number of anilines is 2. The first-order valence-electron chi connectivity index (χ1n) is 6.24. The van der Waals surface area contributed by atoms with Crippen molar-refractivity contribution in [3.8, 4) is 5.75 Å². The van der Waals surface area contributed by atoms with Gasteiger partial charge < -0.3 is 15.8 Å². The van der Waals surface area contributed by atoms with Crippen molar-refractivity contribution in [1.29, 1.82) is 0 Å². The molecule has 6 heteroatoms. The van der Waals surface area contributed by atoms with E-state index < -0.39 is 6.10 Å². The van der Waals surface area contributed by atoms with E-state index >= 15 is 0 Å². The molecule has 0 aliphatic carbocycles. The number of nitrogens with two attached hydrogens (primary N) is 1. The number of benzene rings is 2. The number of halogens is 2. The third-order valence-corrected chi connectivity index (χ3v) is 3.43. The maximum atomic E-state index is 12.1. The quantitative estimate of drug-likeness (QED) is 0.836. The van der Waals surface area contributed by atoms with E-state index in [4.69, 9.17) is 33.7 Å². The second-order valence-corrected chi connectivity index (χ2v) is 5.23. The Morgan fingerprint density at radius 1 is 1.19 bits per heavy atom. The second kappa shape index (κ2) is 6.70. The molecule has 2 aromatic carbocycles. The highest BCUT2D eigenvalue weighted by Crippen LogP contribution is 2.25. The Morgan fingerprint density at radius 3 is 2.57 bits per heavy atom. The fourth-order valence-electron chi connectivity index (χ4n) is 1.65. The lowest BCUT2D eigenvalue weighted by molar-refractivity contribution is -0.122. The van der Waals surface area contributed by atoms with Gasteiger partial charge in [0.2, 0.25) is 0 Å². The summed E-state index contributed by atoms with van der Waals surface area (Å²) in [7, 11) is 0. The van der Waals surface area contributed by atoms with Gasteiger partial charge in [-0.2, -0.15) is 0 Å². The molecular formula is C15H14Cl2N2O2. The van der Waals surface area contributed by atoms with Crippen molar-refractivity contribution in [2.75, 3.05) is 11.1 Å². The van der Waals surface area contributed by atoms with Gasteiger partial charge in [0.15, 0.2) is 6.10 Å². The summed E-state index contributed by atoms with van der Waals surface area (Å²) in [6.07, 6.45) is -0.707. The molecule has 0 saturated heterocycles. The lowest BCUT2D eigenvalue weighted by atomic mass is 10.2. The lowest BCUT2D eigenvalue weighted by Gasteiger charge is -2.15. The van der Waals surface area contributed by atoms with Crippen molar-refractivity contribution < 1.29 is 9.53 Å². The van der Waals surface area contributed by atoms with E-state index in [0.717, 1.165) is 0 Å². The Kier molecular flexibility index (Phi) is 4.94. The van der Waals surface area contributed by atoms with E-state index in [2.05, 4.69) is 5.32 Å². The van der Waals surface area contributed by atoms with Crippen LogP contribution in [0.4, 0.5) is 11.4 Å². The molecule has 4 nitrogen and oxygen atoms in total. The summed E-state index contributed by atoms with van der Waals surface area (Å²) in [4.78, 5) is 12.1. The molecule has 0 fully saturated rings. The van der Waals surface area contributed by atoms with Crippen molar-refractivity contribution in [3.63, 3.8) is 0 Å². The van der Waals surface area contributed by atoms with Gasteiger partial charge in [-0.25, -0.2) is 0 Å². The van der Waals surface area contributed by atoms with E-state index in [-0.39, 0.29) is 5.91 Å². The van der Waals surface area contributed by atoms with Crippen molar-refractivity contribution in [2.45, 2.75) is 13.0 Å². The summed E-state index contributed by atoms with van der Waals surface area (Å²) in [5.74, 6) is 0.147. The molecule has 2 rings (SSSR count). The summed E-state index contributed by atoms with van der Waals surface area (Å²) in [5, 5.41) is 3.59. The molecular weight excluding hydrogens is 311 g/mol. The number of carbonyl (C=O) groups is 1. The molecule has 3 N–H and O–H groups in total. The Balaban J connectivity index is 2.02. The van der Waals surface area contributed by atoms with Gasteiger partial charge in [0, 0.05) is 5.69 Å². The van der Waals surface area contributed by atoms with E-state index in [1.54, 1.807) is 49.4 Å². The normalized spacial score (nSPS) is 11.8. The number of rotatable bonds is 4. The first-order valence-corrected chi connectivity index (χ1v) is 7.00. The Morgan fingerprint density at radius 2 is 1.90 bits per heavy atom. The molecule has 1 atom stereocenters. The molecule has 0 spiro atoms. The van der Waals surface area contributed by atoms with Crippen molar-refractivity contribution in [2.24, 2.45) is 0 Å². The van der Waals surface area contributed by atoms with Gasteiger partial charge in [0.1, 0.15) is 5.75 Å². The van der Waals surface area contributed by atoms with Crippen LogP contribution in [-0.2, 0) is 4.79 Å². The van der Waals surface area contributed by atoms with Crippen LogP contribution in [0.5, 0.6) is 5.75 Å². The SMILES string of the molecule is CC(Oc1ccccc1Cl)C(=O)Nc1ccc(Cl)c(N)c1. The zero-order valence-electron chi connectivity index (χ0n) is 11.3. The van der Waals surface area contributed by atoms with E-state index in [9.17, 15) is 4.79 Å². The van der Waals surface area contributed by atoms with Crippen molar-refractivity contribution in [1.82, 2.24) is 0 Å². The molecule has 1 unspecified atom stereocenters. The number of hydrogen-bond acceptors (Lipinski definition) is 3. The molecule has 0 heterocycles. The third kappa shape index (κ3) is 4.03. The van der Waals surface area contributed by atoms with Crippen LogP contribution in [0.25, 0.3) is 0 Å². The van der Waals surface area contributed by atoms with Gasteiger partial charge in [-0.1, -0.05) is 35.3 Å². The van der Waals surface area contributed by atoms with Gasteiger partial charge in [-0.05, 0) is 37.3 Å². The van der Waals surface area contributed by atoms with Crippen molar-refractivity contribution in [3.05, 3.63) is 52.5 Å². The van der Waals surface area contributed by atoms with Gasteiger partial charge in [0.25, 0.3) is 5.91 Å². The molecule has 0 saturated carbocycles. The van der Waals surface area contributed by atoms with Gasteiger partial charge in [-0.3, -0.25) is 4.79 Å². The van der Waals surface area contributed by atoms with E-state index in [0.29, 0.717) is 27.2 Å². The number of nitrogen functional groups attached to an aromatic ring is 1. The fourth-order valence-corrected chi connectivity index (χ4v) is 1.95. The van der Waals surface area contributed by atoms with Crippen LogP contribution in [0.3, 0.4) is 0 Å². The smallest absolute Gasteiger partial charge is 0.265 e. The maximum absolute atomic E-state index is 12.1. The highest BCUT2D eigenvalue weighted by atomic mass is 35.5. The maximum Gasteiger partial charge on any atom is 0.265 e. The average molecular weight is 325 g/mol. The minimum absolute atomic E-state index is 0.309. The Bertz CT molecular complexity index is 662. The molecule has 2 aromatic rings. The fraction of sp³-hybridized carbons (Fsp3) is 0.133. The van der Waals surface area contributed by atoms with Crippen LogP contribution in [0.2, 0.25) is 10.0 Å². The van der Waals surface area contributed by atoms with Gasteiger partial charge >= 0.3 is 0 Å². The second-order valence-electron chi connectivity index (χ2n) is 4.42. The zero-order valence-corrected chi connectivity index (χ0v) is 12.8. The minimum Gasteiger partial charge on any atom is -0.479 e. The summed E-state index contributed by atoms with van der Waals surface area (Å²) in [5.41, 5.74) is 6.63. The minimum atomic E-state index is -0.707. The zero-order chi connectivity index (χ0) is 15.4. The average Bonchev–Trinajstić information content (AvgIpc) is 2.45. The molecule has 1 amide bonds. The summed E-state index contributed by atoms with van der Waals surface area (Å²) >= 11 is 11.8. The van der Waals surface area contributed by atoms with Crippen LogP contribution in [0.15, 0.2) is 42.5 Å². The van der Waals surface area contributed by atoms with Gasteiger partial charge in [-0.15, -0.1) is 0 Å². The molecule has 0 bridgehead atoms. The van der Waals surface area contributed by atoms with Crippen LogP contribution < -0.4 is 15.8 Å². The van der Waals surface area contributed by atoms with E-state index in [1.165, 1.54) is 0 Å². The van der Waals surface area contributed by atoms with Crippen LogP contribution in [0.1, 0.15) is 6.92 Å². The Hall–Kier alpha value is -1.91. The molecule has 0 radical (unpaired) electrons. The summed E-state index contributed by atoms with van der Waals surface area (Å²) < 4.78 is 5.53. The molecule has 0 aliphatic rings. The van der Waals surface area contributed by atoms with Crippen LogP contribution in [-0.4, -0.2) is 12.0 Å². The molecule has 0 aliphatic heterocycles. The van der Waals surface area contributed by atoms with Crippen LogP contribution in [0, 0.1) is 0 Å². The summed E-state index contributed by atoms with van der Waals surface area (Å²) in [6.45, 7) is 1.64. The van der Waals surface area contributed by atoms with Gasteiger partial charge in [0.05, 0.1) is 15.7 Å². The number of nitrogens with one attached hydrogen (secondary N) is 1. The number of ether oxygens (including phenoxy) is 1. The topological polar surface area (TPSA) is 64.3 Å². The Labute approximate surface area is 132 Å². The first kappa shape index (κ1) is 15.5. The lowest BCUT2D eigenvalue weighted by Crippen LogP contribution is -2.30. The monoisotopic (exact) mass is 324 g/mol. The van der Waals surface area contributed by atoms with Crippen LogP contribution >= 0.6 is 23.2 Å². The molecule has 0 aromatic heterocycles. The first-order chi connectivity index (χ1) is 9.97. The predicted molar refractivity (Wildman–Crippen MR) is 86.0 cm³/mol. The van der Waals surface area contributed by atoms with E-state index in [1.807, 2.05) is 0 Å². The largest absolute Gasteiger partial charge is 0.479 e. The highest BCUT2D eigenvalue weighted by molar-refractivity contribution is 6.33. The standard InChI is InChI=1S/C15H14Cl2N2O2/c1-9(21-14-5-3-2-4-12(14)17)15(20)19-10-6-7-11(16)13(18)8-10/h2-9H,18H2,1H3,(H,19,20). The molecule has 21 heavy (non-hydrogen) atoms. The van der Waals surface area contributed by atoms with Crippen molar-refractivity contribution >= 4 is 40.5 Å². The highest BCUT2D eigenvalue weighted by Gasteiger charge is 2.16. The summed E-state index contributed by atoms with van der Waals surface area (Å²) in [6, 6.07) is 11.8. The number of hydrogen-bond donors (Lipinski definition) is 2. The number of carbonyl (C=O) groups excluding carboxylic acids is 1. The predicted octanol–water partition coefficient (Wildman–Crippen LogP) is 3.98. The molecule has 110 valence electrons.